The third-order valence-electron chi connectivity index (χ3n) is 3.91. The Hall–Kier alpha value is -2.01. The van der Waals surface area contributed by atoms with E-state index in [0.717, 1.165) is 31.1 Å². The minimum Gasteiger partial charge on any atom is -0.351 e. The van der Waals surface area contributed by atoms with Crippen LogP contribution in [0, 0.1) is 0 Å². The number of likely N-dealkylation sites (N-methyl/N-ethyl adjacent to an activating group) is 1. The van der Waals surface area contributed by atoms with Crippen LogP contribution in [0.1, 0.15) is 18.5 Å². The fourth-order valence-corrected chi connectivity index (χ4v) is 2.97. The van der Waals surface area contributed by atoms with E-state index in [1.165, 1.54) is 12.8 Å². The van der Waals surface area contributed by atoms with Crippen LogP contribution in [0.5, 0.6) is 0 Å². The third kappa shape index (κ3) is 3.55. The number of nitrogens with zero attached hydrogens (tertiary/aromatic N) is 5. The Kier molecular flexibility index (Phi) is 4.40. The van der Waals surface area contributed by atoms with Crippen molar-refractivity contribution in [3.63, 3.8) is 0 Å². The summed E-state index contributed by atoms with van der Waals surface area (Å²) < 4.78 is 0. The second-order valence-corrected chi connectivity index (χ2v) is 5.59. The molecule has 110 valence electrons. The van der Waals surface area contributed by atoms with E-state index in [1.54, 1.807) is 6.20 Å². The van der Waals surface area contributed by atoms with Gasteiger partial charge in [0.15, 0.2) is 5.82 Å². The molecule has 0 radical (unpaired) electrons. The van der Waals surface area contributed by atoms with Crippen LogP contribution >= 0.6 is 0 Å². The van der Waals surface area contributed by atoms with E-state index in [4.69, 9.17) is 0 Å². The lowest BCUT2D eigenvalue weighted by Gasteiger charge is -2.29. The second kappa shape index (κ2) is 6.63. The van der Waals surface area contributed by atoms with Crippen molar-refractivity contribution in [2.24, 2.45) is 0 Å². The van der Waals surface area contributed by atoms with Gasteiger partial charge in [-0.25, -0.2) is 0 Å². The molecule has 0 unspecified atom stereocenters. The highest BCUT2D eigenvalue weighted by molar-refractivity contribution is 5.39. The lowest BCUT2D eigenvalue weighted by atomic mass is 10.2. The van der Waals surface area contributed by atoms with Gasteiger partial charge in [-0.15, -0.1) is 5.10 Å². The van der Waals surface area contributed by atoms with Crippen LogP contribution in [0.2, 0.25) is 0 Å². The Labute approximate surface area is 125 Å². The maximum atomic E-state index is 4.39. The predicted molar refractivity (Wildman–Crippen MR) is 83.0 cm³/mol. The highest BCUT2D eigenvalue weighted by Crippen LogP contribution is 2.23. The lowest BCUT2D eigenvalue weighted by Crippen LogP contribution is -2.39. The van der Waals surface area contributed by atoms with Gasteiger partial charge in [-0.2, -0.15) is 5.10 Å². The summed E-state index contributed by atoms with van der Waals surface area (Å²) in [7, 11) is 2.15. The van der Waals surface area contributed by atoms with E-state index < -0.39 is 0 Å². The molecule has 5 heteroatoms. The van der Waals surface area contributed by atoms with Crippen molar-refractivity contribution in [2.45, 2.75) is 25.4 Å². The molecule has 2 aromatic heterocycles. The topological polar surface area (TPSA) is 45.2 Å². The van der Waals surface area contributed by atoms with Crippen molar-refractivity contribution in [1.82, 2.24) is 20.1 Å². The molecule has 1 aliphatic rings. The second-order valence-electron chi connectivity index (χ2n) is 5.59. The third-order valence-corrected chi connectivity index (χ3v) is 3.91. The van der Waals surface area contributed by atoms with Crippen LogP contribution in [0.15, 0.2) is 42.7 Å². The molecule has 1 atom stereocenters. The summed E-state index contributed by atoms with van der Waals surface area (Å²) in [6, 6.07) is 10.6. The first-order valence-corrected chi connectivity index (χ1v) is 7.46. The number of aromatic nitrogens is 3. The van der Waals surface area contributed by atoms with E-state index >= 15 is 0 Å². The van der Waals surface area contributed by atoms with Crippen LogP contribution < -0.4 is 4.90 Å². The van der Waals surface area contributed by atoms with Gasteiger partial charge < -0.3 is 4.90 Å². The normalized spacial score (nSPS) is 18.4. The molecule has 1 fully saturated rings. The van der Waals surface area contributed by atoms with E-state index in [9.17, 15) is 0 Å². The average Bonchev–Trinajstić information content (AvgIpc) is 2.97. The van der Waals surface area contributed by atoms with Gasteiger partial charge in [0.25, 0.3) is 0 Å². The molecule has 0 bridgehead atoms. The van der Waals surface area contributed by atoms with Crippen LogP contribution in [-0.4, -0.2) is 46.3 Å². The Morgan fingerprint density at radius 3 is 2.95 bits per heavy atom. The van der Waals surface area contributed by atoms with Crippen LogP contribution in [-0.2, 0) is 6.54 Å². The Bertz CT molecular complexity index is 545. The minimum atomic E-state index is 0.510. The van der Waals surface area contributed by atoms with Gasteiger partial charge in [-0.3, -0.25) is 9.88 Å². The predicted octanol–water partition coefficient (Wildman–Crippen LogP) is 1.97. The van der Waals surface area contributed by atoms with Gasteiger partial charge in [0.05, 0.1) is 5.69 Å². The smallest absolute Gasteiger partial charge is 0.151 e. The summed E-state index contributed by atoms with van der Waals surface area (Å²) in [6.07, 6.45) is 6.01. The van der Waals surface area contributed by atoms with Gasteiger partial charge in [-0.05, 0) is 44.2 Å². The highest BCUT2D eigenvalue weighted by Gasteiger charge is 2.26. The fraction of sp³-hybridized carbons (Fsp3) is 0.438. The molecular formula is C16H21N5. The van der Waals surface area contributed by atoms with E-state index in [-0.39, 0.29) is 0 Å². The van der Waals surface area contributed by atoms with Crippen molar-refractivity contribution >= 4 is 5.82 Å². The molecule has 0 aromatic carbocycles. The zero-order valence-electron chi connectivity index (χ0n) is 12.4. The average molecular weight is 283 g/mol. The molecular weight excluding hydrogens is 262 g/mol. The van der Waals surface area contributed by atoms with E-state index in [0.29, 0.717) is 6.04 Å². The maximum absolute atomic E-state index is 4.39. The fourth-order valence-electron chi connectivity index (χ4n) is 2.97. The lowest BCUT2D eigenvalue weighted by molar-refractivity contribution is 0.299. The van der Waals surface area contributed by atoms with Crippen LogP contribution in [0.4, 0.5) is 5.82 Å². The summed E-state index contributed by atoms with van der Waals surface area (Å²) in [5.74, 6) is 0.992. The Morgan fingerprint density at radius 1 is 1.24 bits per heavy atom. The van der Waals surface area contributed by atoms with Crippen LogP contribution in [0.3, 0.4) is 0 Å². The maximum Gasteiger partial charge on any atom is 0.151 e. The zero-order chi connectivity index (χ0) is 14.5. The molecule has 21 heavy (non-hydrogen) atoms. The first-order valence-electron chi connectivity index (χ1n) is 7.46. The SMILES string of the molecule is CN(Cc1ccccn1)C[C@@H]1CCCN1c1cccnn1. The molecule has 5 nitrogen and oxygen atoms in total. The molecule has 1 saturated heterocycles. The van der Waals surface area contributed by atoms with Crippen molar-refractivity contribution in [1.29, 1.82) is 0 Å². The number of anilines is 1. The minimum absolute atomic E-state index is 0.510. The van der Waals surface area contributed by atoms with Crippen molar-refractivity contribution in [3.05, 3.63) is 48.4 Å². The zero-order valence-corrected chi connectivity index (χ0v) is 12.4. The molecule has 0 saturated carbocycles. The number of hydrogen-bond donors (Lipinski definition) is 0. The standard InChI is InChI=1S/C16H21N5/c1-20(12-14-6-2-3-9-17-14)13-15-7-5-11-21(15)16-8-4-10-18-19-16/h2-4,6,8-10,15H,5,7,11-13H2,1H3/t15-/m0/s1. The van der Waals surface area contributed by atoms with Gasteiger partial charge in [0.1, 0.15) is 0 Å². The molecule has 0 spiro atoms. The molecule has 0 N–H and O–H groups in total. The largest absolute Gasteiger partial charge is 0.351 e. The summed E-state index contributed by atoms with van der Waals surface area (Å²) in [5, 5.41) is 8.24. The molecule has 3 heterocycles. The highest BCUT2D eigenvalue weighted by atomic mass is 15.3. The van der Waals surface area contributed by atoms with Crippen LogP contribution in [0.25, 0.3) is 0 Å². The first-order chi connectivity index (χ1) is 10.3. The van der Waals surface area contributed by atoms with Gasteiger partial charge in [-0.1, -0.05) is 6.07 Å². The molecule has 0 aliphatic carbocycles. The van der Waals surface area contributed by atoms with Gasteiger partial charge in [0, 0.05) is 38.1 Å². The first kappa shape index (κ1) is 13.9. The summed E-state index contributed by atoms with van der Waals surface area (Å²) >= 11 is 0. The molecule has 2 aromatic rings. The van der Waals surface area contributed by atoms with Gasteiger partial charge in [0.2, 0.25) is 0 Å². The molecule has 3 rings (SSSR count). The van der Waals surface area contributed by atoms with E-state index in [1.807, 2.05) is 30.5 Å². The Balaban J connectivity index is 1.61. The summed E-state index contributed by atoms with van der Waals surface area (Å²) in [6.45, 7) is 2.97. The monoisotopic (exact) mass is 283 g/mol. The van der Waals surface area contributed by atoms with Crippen molar-refractivity contribution in [3.8, 4) is 0 Å². The van der Waals surface area contributed by atoms with Crippen molar-refractivity contribution in [2.75, 3.05) is 25.0 Å². The number of rotatable bonds is 5. The Morgan fingerprint density at radius 2 is 2.19 bits per heavy atom. The number of hydrogen-bond acceptors (Lipinski definition) is 5. The molecule has 0 amide bonds. The summed E-state index contributed by atoms with van der Waals surface area (Å²) in [5.41, 5.74) is 1.11. The quantitative estimate of drug-likeness (QED) is 0.839. The summed E-state index contributed by atoms with van der Waals surface area (Å²) in [4.78, 5) is 9.10. The van der Waals surface area contributed by atoms with E-state index in [2.05, 4.69) is 38.1 Å². The van der Waals surface area contributed by atoms with Gasteiger partial charge >= 0.3 is 0 Å². The van der Waals surface area contributed by atoms with Crippen molar-refractivity contribution < 1.29 is 0 Å². The number of pyridine rings is 1. The molecule has 1 aliphatic heterocycles.